The number of aromatic nitrogens is 1. The second kappa shape index (κ2) is 4.95. The molecule has 2 rings (SSSR count). The van der Waals surface area contributed by atoms with E-state index in [2.05, 4.69) is 16.0 Å². The average molecular weight is 217 g/mol. The first-order valence-corrected chi connectivity index (χ1v) is 5.47. The molecule has 1 saturated heterocycles. The van der Waals surface area contributed by atoms with Crippen LogP contribution in [-0.4, -0.2) is 31.3 Å². The molecule has 0 radical (unpaired) electrons. The molecule has 0 saturated carbocycles. The molecule has 1 aliphatic heterocycles. The van der Waals surface area contributed by atoms with E-state index in [9.17, 15) is 0 Å². The third-order valence-electron chi connectivity index (χ3n) is 3.04. The van der Waals surface area contributed by atoms with E-state index in [1.807, 2.05) is 0 Å². The number of hydrogen-bond acceptors (Lipinski definition) is 4. The molecule has 1 aromatic heterocycles. The van der Waals surface area contributed by atoms with Gasteiger partial charge in [-0.3, -0.25) is 4.98 Å². The van der Waals surface area contributed by atoms with Gasteiger partial charge in [-0.15, -0.1) is 0 Å². The highest BCUT2D eigenvalue weighted by atomic mass is 16.5. The normalized spacial score (nSPS) is 17.1. The predicted molar refractivity (Wildman–Crippen MR) is 61.2 cm³/mol. The van der Waals surface area contributed by atoms with E-state index in [1.165, 1.54) is 0 Å². The van der Waals surface area contributed by atoms with Crippen LogP contribution in [0.5, 0.6) is 0 Å². The van der Waals surface area contributed by atoms with Gasteiger partial charge < -0.3 is 9.64 Å². The number of pyridine rings is 1. The van der Waals surface area contributed by atoms with Gasteiger partial charge in [-0.25, -0.2) is 0 Å². The first-order chi connectivity index (χ1) is 7.85. The Morgan fingerprint density at radius 2 is 2.25 bits per heavy atom. The monoisotopic (exact) mass is 217 g/mol. The highest BCUT2D eigenvalue weighted by Gasteiger charge is 2.20. The van der Waals surface area contributed by atoms with Crippen molar-refractivity contribution in [3.63, 3.8) is 0 Å². The topological polar surface area (TPSA) is 49.1 Å². The van der Waals surface area contributed by atoms with Crippen LogP contribution in [0.2, 0.25) is 0 Å². The predicted octanol–water partition coefficient (Wildman–Crippen LogP) is 1.57. The number of hydrogen-bond donors (Lipinski definition) is 0. The Morgan fingerprint density at radius 1 is 1.50 bits per heavy atom. The molecule has 4 nitrogen and oxygen atoms in total. The van der Waals surface area contributed by atoms with E-state index in [4.69, 9.17) is 10.00 Å². The molecule has 0 aliphatic carbocycles. The largest absolute Gasteiger partial charge is 0.381 e. The highest BCUT2D eigenvalue weighted by Crippen LogP contribution is 2.23. The molecule has 0 amide bonds. The molecule has 0 N–H and O–H groups in total. The van der Waals surface area contributed by atoms with Gasteiger partial charge in [0, 0.05) is 26.4 Å². The quantitative estimate of drug-likeness (QED) is 0.754. The molecule has 0 spiro atoms. The lowest BCUT2D eigenvalue weighted by atomic mass is 10.1. The molecule has 4 heteroatoms. The Hall–Kier alpha value is -1.60. The van der Waals surface area contributed by atoms with E-state index in [0.717, 1.165) is 31.6 Å². The minimum absolute atomic E-state index is 0.360. The van der Waals surface area contributed by atoms with Gasteiger partial charge >= 0.3 is 0 Å². The Kier molecular flexibility index (Phi) is 3.37. The summed E-state index contributed by atoms with van der Waals surface area (Å²) >= 11 is 0. The van der Waals surface area contributed by atoms with E-state index >= 15 is 0 Å². The van der Waals surface area contributed by atoms with Crippen molar-refractivity contribution in [2.75, 3.05) is 25.1 Å². The fourth-order valence-corrected chi connectivity index (χ4v) is 2.07. The third kappa shape index (κ3) is 2.15. The van der Waals surface area contributed by atoms with Gasteiger partial charge in [0.25, 0.3) is 0 Å². The van der Waals surface area contributed by atoms with Crippen molar-refractivity contribution >= 4 is 5.69 Å². The standard InChI is InChI=1S/C12H15N3O/c1-16-11-3-6-15(7-4-11)12-9-14-5-2-10(12)8-13/h2,5,9,11H,3-4,6-7H2,1H3. The fraction of sp³-hybridized carbons (Fsp3) is 0.500. The Labute approximate surface area is 95.5 Å². The van der Waals surface area contributed by atoms with Crippen LogP contribution in [-0.2, 0) is 4.74 Å². The van der Waals surface area contributed by atoms with Crippen molar-refractivity contribution in [3.8, 4) is 6.07 Å². The third-order valence-corrected chi connectivity index (χ3v) is 3.04. The second-order valence-electron chi connectivity index (χ2n) is 3.93. The Bertz CT molecular complexity index is 391. The zero-order chi connectivity index (χ0) is 11.4. The molecule has 0 unspecified atom stereocenters. The highest BCUT2D eigenvalue weighted by molar-refractivity contribution is 5.57. The van der Waals surface area contributed by atoms with Crippen LogP contribution in [0.3, 0.4) is 0 Å². The molecule has 0 aromatic carbocycles. The molecule has 1 aliphatic rings. The second-order valence-corrected chi connectivity index (χ2v) is 3.93. The molecule has 0 bridgehead atoms. The summed E-state index contributed by atoms with van der Waals surface area (Å²) in [6.07, 6.45) is 5.81. The van der Waals surface area contributed by atoms with Crippen LogP contribution in [0.4, 0.5) is 5.69 Å². The van der Waals surface area contributed by atoms with Crippen LogP contribution in [0.1, 0.15) is 18.4 Å². The zero-order valence-electron chi connectivity index (χ0n) is 9.39. The minimum Gasteiger partial charge on any atom is -0.381 e. The lowest BCUT2D eigenvalue weighted by Gasteiger charge is -2.33. The summed E-state index contributed by atoms with van der Waals surface area (Å²) in [7, 11) is 1.76. The molecule has 84 valence electrons. The smallest absolute Gasteiger partial charge is 0.101 e. The summed E-state index contributed by atoms with van der Waals surface area (Å²) < 4.78 is 5.32. The Balaban J connectivity index is 2.11. The van der Waals surface area contributed by atoms with Crippen molar-refractivity contribution in [2.24, 2.45) is 0 Å². The van der Waals surface area contributed by atoms with Crippen molar-refractivity contribution < 1.29 is 4.74 Å². The van der Waals surface area contributed by atoms with E-state index < -0.39 is 0 Å². The Morgan fingerprint density at radius 3 is 2.88 bits per heavy atom. The first-order valence-electron chi connectivity index (χ1n) is 5.47. The number of nitrogens with zero attached hydrogens (tertiary/aromatic N) is 3. The maximum Gasteiger partial charge on any atom is 0.101 e. The van der Waals surface area contributed by atoms with Gasteiger partial charge in [0.1, 0.15) is 6.07 Å². The lowest BCUT2D eigenvalue weighted by molar-refractivity contribution is 0.0819. The maximum atomic E-state index is 9.02. The van der Waals surface area contributed by atoms with E-state index in [-0.39, 0.29) is 0 Å². The summed E-state index contributed by atoms with van der Waals surface area (Å²) in [4.78, 5) is 6.29. The summed E-state index contributed by atoms with van der Waals surface area (Å²) in [5.41, 5.74) is 1.64. The van der Waals surface area contributed by atoms with Crippen LogP contribution in [0, 0.1) is 11.3 Å². The zero-order valence-corrected chi connectivity index (χ0v) is 9.39. The van der Waals surface area contributed by atoms with Gasteiger partial charge in [0.15, 0.2) is 0 Å². The fourth-order valence-electron chi connectivity index (χ4n) is 2.07. The SMILES string of the molecule is COC1CCN(c2cnccc2C#N)CC1. The average Bonchev–Trinajstić information content (AvgIpc) is 2.39. The van der Waals surface area contributed by atoms with Crippen molar-refractivity contribution in [1.29, 1.82) is 5.26 Å². The van der Waals surface area contributed by atoms with Gasteiger partial charge in [-0.1, -0.05) is 0 Å². The van der Waals surface area contributed by atoms with Crippen LogP contribution >= 0.6 is 0 Å². The lowest BCUT2D eigenvalue weighted by Crippen LogP contribution is -2.37. The van der Waals surface area contributed by atoms with Gasteiger partial charge in [-0.2, -0.15) is 5.26 Å². The molecular weight excluding hydrogens is 202 g/mol. The van der Waals surface area contributed by atoms with Crippen LogP contribution in [0.15, 0.2) is 18.5 Å². The molecule has 1 aromatic rings. The van der Waals surface area contributed by atoms with Crippen LogP contribution in [0.25, 0.3) is 0 Å². The molecular formula is C12H15N3O. The number of rotatable bonds is 2. The summed E-state index contributed by atoms with van der Waals surface area (Å²) in [6.45, 7) is 1.86. The number of nitriles is 1. The van der Waals surface area contributed by atoms with Crippen molar-refractivity contribution in [3.05, 3.63) is 24.0 Å². The number of anilines is 1. The van der Waals surface area contributed by atoms with Gasteiger partial charge in [0.2, 0.25) is 0 Å². The maximum absolute atomic E-state index is 9.02. The molecule has 0 atom stereocenters. The van der Waals surface area contributed by atoms with E-state index in [1.54, 1.807) is 25.6 Å². The van der Waals surface area contributed by atoms with E-state index in [0.29, 0.717) is 11.7 Å². The number of methoxy groups -OCH3 is 1. The van der Waals surface area contributed by atoms with Crippen molar-refractivity contribution in [2.45, 2.75) is 18.9 Å². The molecule has 1 fully saturated rings. The first kappa shape index (κ1) is 10.9. The minimum atomic E-state index is 0.360. The summed E-state index contributed by atoms with van der Waals surface area (Å²) in [5.74, 6) is 0. The number of ether oxygens (including phenoxy) is 1. The van der Waals surface area contributed by atoms with Crippen LogP contribution < -0.4 is 4.90 Å². The van der Waals surface area contributed by atoms with Crippen molar-refractivity contribution in [1.82, 2.24) is 4.98 Å². The van der Waals surface area contributed by atoms with Gasteiger partial charge in [0.05, 0.1) is 23.6 Å². The summed E-state index contributed by atoms with van der Waals surface area (Å²) in [6, 6.07) is 3.97. The number of piperidine rings is 1. The molecule has 16 heavy (non-hydrogen) atoms. The molecule has 2 heterocycles. The van der Waals surface area contributed by atoms with Gasteiger partial charge in [-0.05, 0) is 18.9 Å². The summed E-state index contributed by atoms with van der Waals surface area (Å²) in [5, 5.41) is 9.02.